The highest BCUT2D eigenvalue weighted by Crippen LogP contribution is 2.27. The van der Waals surface area contributed by atoms with E-state index < -0.39 is 17.8 Å². The van der Waals surface area contributed by atoms with E-state index in [2.05, 4.69) is 5.10 Å². The highest BCUT2D eigenvalue weighted by molar-refractivity contribution is 5.94. The topological polar surface area (TPSA) is 86.1 Å². The van der Waals surface area contributed by atoms with Crippen molar-refractivity contribution in [2.75, 3.05) is 0 Å². The molecule has 6 nitrogen and oxygen atoms in total. The Kier molecular flexibility index (Phi) is 3.53. The van der Waals surface area contributed by atoms with Crippen LogP contribution in [0.2, 0.25) is 0 Å². The molecular formula is C11H11F3N4O2. The van der Waals surface area contributed by atoms with Crippen LogP contribution in [0.5, 0.6) is 0 Å². The molecule has 9 heteroatoms. The number of carbonyl (C=O) groups excluding carboxylic acids is 1. The van der Waals surface area contributed by atoms with Gasteiger partial charge in [-0.3, -0.25) is 14.9 Å². The molecule has 0 spiro atoms. The number of nitrogen functional groups attached to an aromatic ring is 1. The van der Waals surface area contributed by atoms with Crippen LogP contribution in [0, 0.1) is 6.92 Å². The first-order chi connectivity index (χ1) is 9.31. The Morgan fingerprint density at radius 1 is 1.55 bits per heavy atom. The smallest absolute Gasteiger partial charge is 0.435 e. The Morgan fingerprint density at radius 2 is 2.25 bits per heavy atom. The molecule has 0 saturated carbocycles. The number of halogens is 3. The standard InChI is InChI=1S/C11H11F3N4O2/c1-6-8(10(19)16-15)4-7(20-6)5-18-3-2-9(17-18)11(12,13)14/h2-4H,5,15H2,1H3,(H,16,19). The first kappa shape index (κ1) is 14.1. The lowest BCUT2D eigenvalue weighted by molar-refractivity contribution is -0.141. The predicted octanol–water partition coefficient (Wildman–Crippen LogP) is 1.46. The molecule has 0 aliphatic rings. The average Bonchev–Trinajstić information content (AvgIpc) is 2.95. The van der Waals surface area contributed by atoms with E-state index in [9.17, 15) is 18.0 Å². The molecule has 2 rings (SSSR count). The first-order valence-corrected chi connectivity index (χ1v) is 5.52. The summed E-state index contributed by atoms with van der Waals surface area (Å²) in [5.41, 5.74) is 1.20. The van der Waals surface area contributed by atoms with Gasteiger partial charge in [0.15, 0.2) is 5.69 Å². The fourth-order valence-electron chi connectivity index (χ4n) is 1.69. The second kappa shape index (κ2) is 5.00. The average molecular weight is 288 g/mol. The van der Waals surface area contributed by atoms with Gasteiger partial charge in [0.05, 0.1) is 12.1 Å². The zero-order valence-corrected chi connectivity index (χ0v) is 10.4. The molecule has 2 aromatic rings. The number of carbonyl (C=O) groups is 1. The number of nitrogens with one attached hydrogen (secondary N) is 1. The van der Waals surface area contributed by atoms with Crippen LogP contribution in [0.15, 0.2) is 22.7 Å². The molecule has 2 heterocycles. The summed E-state index contributed by atoms with van der Waals surface area (Å²) in [5.74, 6) is 5.10. The molecule has 2 aromatic heterocycles. The van der Waals surface area contributed by atoms with Gasteiger partial charge < -0.3 is 4.42 Å². The fourth-order valence-corrected chi connectivity index (χ4v) is 1.69. The molecule has 0 aliphatic heterocycles. The summed E-state index contributed by atoms with van der Waals surface area (Å²) in [6.07, 6.45) is -3.31. The number of hydrogen-bond donors (Lipinski definition) is 2. The Balaban J connectivity index is 2.18. The van der Waals surface area contributed by atoms with E-state index in [0.717, 1.165) is 10.7 Å². The van der Waals surface area contributed by atoms with E-state index in [1.54, 1.807) is 6.92 Å². The Hall–Kier alpha value is -2.29. The molecule has 0 saturated heterocycles. The SMILES string of the molecule is Cc1oc(Cn2ccc(C(F)(F)F)n2)cc1C(=O)NN. The van der Waals surface area contributed by atoms with Crippen molar-refractivity contribution in [1.82, 2.24) is 15.2 Å². The summed E-state index contributed by atoms with van der Waals surface area (Å²) < 4.78 is 43.5. The zero-order valence-electron chi connectivity index (χ0n) is 10.4. The molecule has 0 radical (unpaired) electrons. The maximum atomic E-state index is 12.4. The van der Waals surface area contributed by atoms with Crippen LogP contribution in [0.1, 0.15) is 27.6 Å². The van der Waals surface area contributed by atoms with Gasteiger partial charge in [-0.15, -0.1) is 0 Å². The van der Waals surface area contributed by atoms with Crippen molar-refractivity contribution in [3.63, 3.8) is 0 Å². The fraction of sp³-hybridized carbons (Fsp3) is 0.273. The van der Waals surface area contributed by atoms with Gasteiger partial charge in [-0.25, -0.2) is 5.84 Å². The van der Waals surface area contributed by atoms with E-state index in [1.165, 1.54) is 12.3 Å². The van der Waals surface area contributed by atoms with Gasteiger partial charge >= 0.3 is 6.18 Å². The number of nitrogens with two attached hydrogens (primary N) is 1. The molecule has 0 atom stereocenters. The van der Waals surface area contributed by atoms with Gasteiger partial charge in [-0.05, 0) is 19.1 Å². The van der Waals surface area contributed by atoms with Gasteiger partial charge in [-0.2, -0.15) is 18.3 Å². The number of aryl methyl sites for hydroxylation is 1. The number of furan rings is 1. The van der Waals surface area contributed by atoms with Gasteiger partial charge in [0.2, 0.25) is 0 Å². The van der Waals surface area contributed by atoms with Crippen LogP contribution < -0.4 is 11.3 Å². The van der Waals surface area contributed by atoms with Crippen molar-refractivity contribution in [2.45, 2.75) is 19.6 Å². The lowest BCUT2D eigenvalue weighted by Crippen LogP contribution is -2.30. The first-order valence-electron chi connectivity index (χ1n) is 5.52. The number of alkyl halides is 3. The number of hydrogen-bond acceptors (Lipinski definition) is 4. The van der Waals surface area contributed by atoms with Gasteiger partial charge in [0.1, 0.15) is 11.5 Å². The summed E-state index contributed by atoms with van der Waals surface area (Å²) in [6.45, 7) is 1.53. The van der Waals surface area contributed by atoms with Gasteiger partial charge in [0, 0.05) is 6.20 Å². The van der Waals surface area contributed by atoms with Crippen LogP contribution in [0.4, 0.5) is 13.2 Å². The van der Waals surface area contributed by atoms with Crippen LogP contribution in [0.3, 0.4) is 0 Å². The maximum absolute atomic E-state index is 12.4. The number of rotatable bonds is 3. The van der Waals surface area contributed by atoms with Crippen molar-refractivity contribution in [2.24, 2.45) is 5.84 Å². The van der Waals surface area contributed by atoms with E-state index in [4.69, 9.17) is 10.3 Å². The summed E-state index contributed by atoms with van der Waals surface area (Å²) in [5, 5.41) is 3.39. The third-order valence-corrected chi connectivity index (χ3v) is 2.59. The molecule has 0 bridgehead atoms. The van der Waals surface area contributed by atoms with Crippen molar-refractivity contribution in [3.05, 3.63) is 41.1 Å². The van der Waals surface area contributed by atoms with Crippen molar-refractivity contribution < 1.29 is 22.4 Å². The molecule has 0 unspecified atom stereocenters. The van der Waals surface area contributed by atoms with E-state index in [0.29, 0.717) is 11.5 Å². The molecule has 3 N–H and O–H groups in total. The second-order valence-corrected chi connectivity index (χ2v) is 4.05. The summed E-state index contributed by atoms with van der Waals surface area (Å²) in [7, 11) is 0. The largest absolute Gasteiger partial charge is 0.464 e. The monoisotopic (exact) mass is 288 g/mol. The van der Waals surface area contributed by atoms with Gasteiger partial charge in [-0.1, -0.05) is 0 Å². The third kappa shape index (κ3) is 2.82. The quantitative estimate of drug-likeness (QED) is 0.508. The number of aromatic nitrogens is 2. The van der Waals surface area contributed by atoms with Crippen molar-refractivity contribution in [3.8, 4) is 0 Å². The summed E-state index contributed by atoms with van der Waals surface area (Å²) in [6, 6.07) is 2.27. The highest BCUT2D eigenvalue weighted by atomic mass is 19.4. The number of amides is 1. The predicted molar refractivity (Wildman–Crippen MR) is 61.4 cm³/mol. The normalized spacial score (nSPS) is 11.7. The molecule has 0 fully saturated rings. The van der Waals surface area contributed by atoms with Crippen molar-refractivity contribution >= 4 is 5.91 Å². The lowest BCUT2D eigenvalue weighted by Gasteiger charge is -2.01. The number of nitrogens with zero attached hydrogens (tertiary/aromatic N) is 2. The minimum absolute atomic E-state index is 0.0191. The minimum Gasteiger partial charge on any atom is -0.464 e. The summed E-state index contributed by atoms with van der Waals surface area (Å²) >= 11 is 0. The summed E-state index contributed by atoms with van der Waals surface area (Å²) in [4.78, 5) is 11.4. The Bertz CT molecular complexity index is 630. The maximum Gasteiger partial charge on any atom is 0.435 e. The zero-order chi connectivity index (χ0) is 14.9. The van der Waals surface area contributed by atoms with E-state index in [-0.39, 0.29) is 12.1 Å². The van der Waals surface area contributed by atoms with E-state index >= 15 is 0 Å². The Morgan fingerprint density at radius 3 is 2.80 bits per heavy atom. The van der Waals surface area contributed by atoms with Crippen LogP contribution in [-0.4, -0.2) is 15.7 Å². The molecule has 108 valence electrons. The van der Waals surface area contributed by atoms with Crippen LogP contribution >= 0.6 is 0 Å². The van der Waals surface area contributed by atoms with E-state index in [1.807, 2.05) is 5.43 Å². The molecule has 0 aliphatic carbocycles. The Labute approximate surface area is 111 Å². The molecule has 0 aromatic carbocycles. The van der Waals surface area contributed by atoms with Gasteiger partial charge in [0.25, 0.3) is 5.91 Å². The molecule has 20 heavy (non-hydrogen) atoms. The highest BCUT2D eigenvalue weighted by Gasteiger charge is 2.33. The minimum atomic E-state index is -4.49. The third-order valence-electron chi connectivity index (χ3n) is 2.59. The second-order valence-electron chi connectivity index (χ2n) is 4.05. The molecule has 1 amide bonds. The number of hydrazine groups is 1. The van der Waals surface area contributed by atoms with Crippen molar-refractivity contribution in [1.29, 1.82) is 0 Å². The van der Waals surface area contributed by atoms with Crippen LogP contribution in [-0.2, 0) is 12.7 Å². The molecular weight excluding hydrogens is 277 g/mol. The van der Waals surface area contributed by atoms with Crippen LogP contribution in [0.25, 0.3) is 0 Å². The lowest BCUT2D eigenvalue weighted by atomic mass is 10.2.